The molecule has 3 aliphatic heterocycles. The van der Waals surface area contributed by atoms with Crippen LogP contribution in [0.3, 0.4) is 0 Å². The van der Waals surface area contributed by atoms with Gasteiger partial charge in [-0.1, -0.05) is 12.1 Å². The number of benzene rings is 1. The van der Waals surface area contributed by atoms with Crippen molar-refractivity contribution in [2.45, 2.75) is 32.2 Å². The van der Waals surface area contributed by atoms with Crippen molar-refractivity contribution in [1.29, 1.82) is 0 Å². The summed E-state index contributed by atoms with van der Waals surface area (Å²) in [5.41, 5.74) is 7.84. The Labute approximate surface area is 193 Å². The van der Waals surface area contributed by atoms with E-state index in [1.165, 1.54) is 48.1 Å². The molecule has 6 heteroatoms. The highest BCUT2D eigenvalue weighted by Crippen LogP contribution is 2.40. The van der Waals surface area contributed by atoms with Crippen LogP contribution in [0.15, 0.2) is 59.7 Å². The van der Waals surface area contributed by atoms with E-state index >= 15 is 0 Å². The van der Waals surface area contributed by atoms with Crippen LogP contribution in [0, 0.1) is 6.92 Å². The minimum Gasteiger partial charge on any atom is -0.347 e. The van der Waals surface area contributed by atoms with Crippen molar-refractivity contribution < 1.29 is 4.39 Å². The molecule has 0 N–H and O–H groups in total. The lowest BCUT2D eigenvalue weighted by molar-refractivity contribution is 0.220. The number of alkyl halides is 1. The van der Waals surface area contributed by atoms with Crippen molar-refractivity contribution in [3.63, 3.8) is 0 Å². The number of nitrogens with zero attached hydrogens (tertiary/aromatic N) is 4. The molecule has 0 spiro atoms. The Bertz CT molecular complexity index is 1360. The summed E-state index contributed by atoms with van der Waals surface area (Å²) in [5, 5.41) is 1.33. The van der Waals surface area contributed by atoms with Gasteiger partial charge in [0.1, 0.15) is 0 Å². The van der Waals surface area contributed by atoms with Gasteiger partial charge in [-0.3, -0.25) is 23.6 Å². The van der Waals surface area contributed by atoms with Gasteiger partial charge in [0.15, 0.2) is 0 Å². The number of hydrogen-bond acceptors (Lipinski definition) is 3. The summed E-state index contributed by atoms with van der Waals surface area (Å²) < 4.78 is 13.6. The second kappa shape index (κ2) is 8.60. The first-order valence-corrected chi connectivity index (χ1v) is 11.5. The number of piperidine rings is 1. The van der Waals surface area contributed by atoms with Crippen LogP contribution in [0.25, 0.3) is 27.8 Å². The number of fused-ring (bicyclic) bond motifs is 3. The summed E-state index contributed by atoms with van der Waals surface area (Å²) in [5.74, 6) is 0.651. The molecule has 1 fully saturated rings. The monoisotopic (exact) mass is 444 g/mol. The summed E-state index contributed by atoms with van der Waals surface area (Å²) in [6.45, 7) is 5.46. The van der Waals surface area contributed by atoms with Crippen LogP contribution in [0.4, 0.5) is 4.39 Å². The maximum absolute atomic E-state index is 13.0. The Morgan fingerprint density at radius 2 is 1.82 bits per heavy atom. The summed E-state index contributed by atoms with van der Waals surface area (Å²) in [4.78, 5) is 20.0. The predicted molar refractivity (Wildman–Crippen MR) is 131 cm³/mol. The van der Waals surface area contributed by atoms with Crippen LogP contribution < -0.4 is 5.56 Å². The quantitative estimate of drug-likeness (QED) is 0.438. The Morgan fingerprint density at radius 1 is 1.03 bits per heavy atom. The molecule has 0 atom stereocenters. The minimum atomic E-state index is -0.0415. The van der Waals surface area contributed by atoms with E-state index in [-0.39, 0.29) is 5.56 Å². The Balaban J connectivity index is 0.00000111. The third-order valence-electron chi connectivity index (χ3n) is 7.10. The van der Waals surface area contributed by atoms with Gasteiger partial charge in [-0.2, -0.15) is 0 Å². The predicted octanol–water partition coefficient (Wildman–Crippen LogP) is 4.98. The number of aryl methyl sites for hydroxylation is 2. The normalized spacial score (nSPS) is 19.0. The van der Waals surface area contributed by atoms with Crippen LogP contribution in [0.2, 0.25) is 0 Å². The van der Waals surface area contributed by atoms with Gasteiger partial charge in [0.25, 0.3) is 5.56 Å². The summed E-state index contributed by atoms with van der Waals surface area (Å²) in [6, 6.07) is 14.1. The highest BCUT2D eigenvalue weighted by Gasteiger charge is 2.31. The average Bonchev–Trinajstić information content (AvgIpc) is 2.99. The second-order valence-electron chi connectivity index (χ2n) is 9.02. The lowest BCUT2D eigenvalue weighted by Crippen LogP contribution is -2.29. The third-order valence-corrected chi connectivity index (χ3v) is 7.10. The van der Waals surface area contributed by atoms with Crippen LogP contribution in [-0.4, -0.2) is 39.3 Å². The van der Waals surface area contributed by atoms with Gasteiger partial charge in [-0.05, 0) is 68.2 Å². The molecule has 33 heavy (non-hydrogen) atoms. The van der Waals surface area contributed by atoms with Crippen molar-refractivity contribution in [2.24, 2.45) is 7.05 Å². The lowest BCUT2D eigenvalue weighted by Gasteiger charge is -2.27. The molecule has 0 amide bonds. The first-order chi connectivity index (χ1) is 16.1. The lowest BCUT2D eigenvalue weighted by atomic mass is 9.94. The fourth-order valence-electron chi connectivity index (χ4n) is 5.44. The van der Waals surface area contributed by atoms with E-state index in [4.69, 9.17) is 0 Å². The molecule has 0 aliphatic carbocycles. The molecule has 3 aliphatic rings. The maximum atomic E-state index is 13.0. The molecule has 0 unspecified atom stereocenters. The highest BCUT2D eigenvalue weighted by molar-refractivity contribution is 5.87. The SMILES string of the molecule is CF.Cc1ccc(-c2ccn(-c3ccc4c5c(n(C)c4c3)C3CCN(CC3)C5)c(=O)c2)nc1. The van der Waals surface area contributed by atoms with Crippen molar-refractivity contribution in [2.75, 3.05) is 20.3 Å². The van der Waals surface area contributed by atoms with E-state index in [1.54, 1.807) is 10.6 Å². The zero-order valence-electron chi connectivity index (χ0n) is 19.4. The molecule has 0 saturated carbocycles. The molecule has 7 rings (SSSR count). The van der Waals surface area contributed by atoms with Gasteiger partial charge in [0.2, 0.25) is 0 Å². The molecule has 1 saturated heterocycles. The maximum Gasteiger partial charge on any atom is 0.255 e. The second-order valence-corrected chi connectivity index (χ2v) is 9.02. The number of rotatable bonds is 2. The average molecular weight is 445 g/mol. The highest BCUT2D eigenvalue weighted by atomic mass is 19.1. The van der Waals surface area contributed by atoms with Gasteiger partial charge in [-0.25, -0.2) is 0 Å². The number of aromatic nitrogens is 3. The van der Waals surface area contributed by atoms with E-state index < -0.39 is 0 Å². The van der Waals surface area contributed by atoms with E-state index in [0.29, 0.717) is 13.1 Å². The largest absolute Gasteiger partial charge is 0.347 e. The van der Waals surface area contributed by atoms with Crippen molar-refractivity contribution in [3.05, 3.63) is 82.0 Å². The Kier molecular flexibility index (Phi) is 5.62. The molecule has 3 aromatic heterocycles. The van der Waals surface area contributed by atoms with Gasteiger partial charge in [-0.15, -0.1) is 0 Å². The Morgan fingerprint density at radius 3 is 2.52 bits per heavy atom. The van der Waals surface area contributed by atoms with E-state index in [9.17, 15) is 9.18 Å². The van der Waals surface area contributed by atoms with Crippen molar-refractivity contribution in [1.82, 2.24) is 19.0 Å². The van der Waals surface area contributed by atoms with Gasteiger partial charge < -0.3 is 4.57 Å². The fraction of sp³-hybridized carbons (Fsp3) is 0.333. The van der Waals surface area contributed by atoms with Gasteiger partial charge >= 0.3 is 0 Å². The van der Waals surface area contributed by atoms with E-state index in [1.807, 2.05) is 37.5 Å². The first kappa shape index (κ1) is 21.6. The first-order valence-electron chi connectivity index (χ1n) is 11.5. The molecule has 6 heterocycles. The smallest absolute Gasteiger partial charge is 0.255 e. The van der Waals surface area contributed by atoms with Crippen LogP contribution in [0.1, 0.15) is 35.6 Å². The molecule has 170 valence electrons. The molecular formula is C27H29FN4O. The Hall–Kier alpha value is -3.25. The molecule has 0 radical (unpaired) electrons. The van der Waals surface area contributed by atoms with Crippen LogP contribution >= 0.6 is 0 Å². The molecule has 5 nitrogen and oxygen atoms in total. The third kappa shape index (κ3) is 3.68. The van der Waals surface area contributed by atoms with Gasteiger partial charge in [0.05, 0.1) is 24.1 Å². The zero-order valence-corrected chi connectivity index (χ0v) is 19.4. The number of hydrogen-bond donors (Lipinski definition) is 0. The minimum absolute atomic E-state index is 0.0415. The molecule has 1 aromatic carbocycles. The molecular weight excluding hydrogens is 415 g/mol. The van der Waals surface area contributed by atoms with E-state index in [2.05, 4.69) is 39.7 Å². The molecule has 4 aromatic rings. The zero-order chi connectivity index (χ0) is 23.1. The van der Waals surface area contributed by atoms with E-state index in [0.717, 1.165) is 29.1 Å². The number of halogens is 1. The summed E-state index contributed by atoms with van der Waals surface area (Å²) in [7, 11) is 2.69. The molecule has 2 bridgehead atoms. The summed E-state index contributed by atoms with van der Waals surface area (Å²) in [6.07, 6.45) is 6.19. The van der Waals surface area contributed by atoms with Crippen molar-refractivity contribution >= 4 is 10.9 Å². The van der Waals surface area contributed by atoms with Crippen molar-refractivity contribution in [3.8, 4) is 16.9 Å². The number of pyridine rings is 2. The summed E-state index contributed by atoms with van der Waals surface area (Å²) >= 11 is 0. The van der Waals surface area contributed by atoms with Crippen LogP contribution in [0.5, 0.6) is 0 Å². The standard InChI is InChI=1S/C26H26N4O.CH3F/c1-17-3-6-23(27-15-17)19-9-12-30(25(31)13-19)20-4-5-21-22-16-29-10-7-18(8-11-29)26(22)28(2)24(21)14-20;1-2/h3-6,9,12-15,18H,7-8,10-11,16H2,1-2H3;1H3. The fourth-order valence-corrected chi connectivity index (χ4v) is 5.44. The topological polar surface area (TPSA) is 43.1 Å². The van der Waals surface area contributed by atoms with Gasteiger partial charge in [0, 0.05) is 54.6 Å². The van der Waals surface area contributed by atoms with Crippen LogP contribution in [-0.2, 0) is 13.6 Å².